The second kappa shape index (κ2) is 8.45. The largest absolute Gasteiger partial charge is 0.475 e. The van der Waals surface area contributed by atoms with Crippen LogP contribution in [0.15, 0.2) is 12.1 Å². The maximum atomic E-state index is 6.11. The van der Waals surface area contributed by atoms with Gasteiger partial charge in [0, 0.05) is 12.6 Å². The van der Waals surface area contributed by atoms with Crippen molar-refractivity contribution in [1.29, 1.82) is 0 Å². The topological polar surface area (TPSA) is 43.4 Å². The molecule has 1 aromatic rings. The van der Waals surface area contributed by atoms with Crippen molar-refractivity contribution in [3.63, 3.8) is 0 Å². The first-order valence-corrected chi connectivity index (χ1v) is 7.43. The standard InChI is InChI=1S/C15H25ClN2O2/c1-5-8-17-11-13-12(16)6-7-14(18-13)19-9-10-20-15(2,3)4/h6-7,17H,5,8-11H2,1-4H3. The number of ether oxygens (including phenoxy) is 2. The summed E-state index contributed by atoms with van der Waals surface area (Å²) >= 11 is 6.11. The summed E-state index contributed by atoms with van der Waals surface area (Å²) < 4.78 is 11.2. The molecule has 0 atom stereocenters. The van der Waals surface area contributed by atoms with Gasteiger partial charge in [-0.05, 0) is 39.8 Å². The maximum absolute atomic E-state index is 6.11. The second-order valence-corrected chi connectivity index (χ2v) is 5.97. The van der Waals surface area contributed by atoms with E-state index in [0.29, 0.717) is 30.7 Å². The van der Waals surface area contributed by atoms with E-state index in [1.807, 2.05) is 26.8 Å². The molecule has 5 heteroatoms. The molecule has 0 aliphatic carbocycles. The van der Waals surface area contributed by atoms with Crippen LogP contribution in [-0.4, -0.2) is 30.3 Å². The molecule has 20 heavy (non-hydrogen) atoms. The van der Waals surface area contributed by atoms with Gasteiger partial charge >= 0.3 is 0 Å². The minimum atomic E-state index is -0.147. The van der Waals surface area contributed by atoms with E-state index in [1.165, 1.54) is 0 Å². The van der Waals surface area contributed by atoms with Crippen LogP contribution in [0.1, 0.15) is 39.8 Å². The monoisotopic (exact) mass is 300 g/mol. The van der Waals surface area contributed by atoms with Crippen molar-refractivity contribution in [3.8, 4) is 5.88 Å². The molecule has 4 nitrogen and oxygen atoms in total. The molecule has 114 valence electrons. The lowest BCUT2D eigenvalue weighted by atomic mass is 10.2. The van der Waals surface area contributed by atoms with Gasteiger partial charge < -0.3 is 14.8 Å². The minimum absolute atomic E-state index is 0.147. The summed E-state index contributed by atoms with van der Waals surface area (Å²) in [5.41, 5.74) is 0.667. The molecule has 1 N–H and O–H groups in total. The summed E-state index contributed by atoms with van der Waals surface area (Å²) in [6, 6.07) is 3.60. The molecule has 0 spiro atoms. The first-order valence-electron chi connectivity index (χ1n) is 7.05. The molecule has 0 unspecified atom stereocenters. The van der Waals surface area contributed by atoms with E-state index in [4.69, 9.17) is 21.1 Å². The Bertz CT molecular complexity index is 405. The summed E-state index contributed by atoms with van der Waals surface area (Å²) in [6.45, 7) is 10.8. The highest BCUT2D eigenvalue weighted by Gasteiger charge is 2.10. The van der Waals surface area contributed by atoms with E-state index in [1.54, 1.807) is 6.07 Å². The van der Waals surface area contributed by atoms with Crippen LogP contribution in [0, 0.1) is 0 Å². The highest BCUT2D eigenvalue weighted by Crippen LogP contribution is 2.18. The molecular formula is C15H25ClN2O2. The summed E-state index contributed by atoms with van der Waals surface area (Å²) in [4.78, 5) is 4.41. The summed E-state index contributed by atoms with van der Waals surface area (Å²) in [5.74, 6) is 0.584. The Morgan fingerprint density at radius 2 is 2.00 bits per heavy atom. The Morgan fingerprint density at radius 3 is 2.65 bits per heavy atom. The van der Waals surface area contributed by atoms with Crippen LogP contribution in [0.5, 0.6) is 5.88 Å². The number of hydrogen-bond donors (Lipinski definition) is 1. The van der Waals surface area contributed by atoms with Gasteiger partial charge in [0.1, 0.15) is 6.61 Å². The second-order valence-electron chi connectivity index (χ2n) is 5.56. The first kappa shape index (κ1) is 17.2. The molecule has 0 aromatic carbocycles. The van der Waals surface area contributed by atoms with E-state index < -0.39 is 0 Å². The molecule has 0 saturated heterocycles. The van der Waals surface area contributed by atoms with Gasteiger partial charge in [0.25, 0.3) is 0 Å². The van der Waals surface area contributed by atoms with Crippen molar-refractivity contribution >= 4 is 11.6 Å². The average Bonchev–Trinajstić information content (AvgIpc) is 2.37. The van der Waals surface area contributed by atoms with Crippen LogP contribution in [0.3, 0.4) is 0 Å². The fraction of sp³-hybridized carbons (Fsp3) is 0.667. The minimum Gasteiger partial charge on any atom is -0.475 e. The molecule has 0 fully saturated rings. The third kappa shape index (κ3) is 7.08. The first-order chi connectivity index (χ1) is 9.42. The predicted molar refractivity (Wildman–Crippen MR) is 82.4 cm³/mol. The van der Waals surface area contributed by atoms with Crippen molar-refractivity contribution in [2.45, 2.75) is 46.3 Å². The van der Waals surface area contributed by atoms with E-state index in [2.05, 4.69) is 17.2 Å². The third-order valence-electron chi connectivity index (χ3n) is 2.48. The zero-order valence-corrected chi connectivity index (χ0v) is 13.6. The number of hydrogen-bond acceptors (Lipinski definition) is 4. The zero-order chi connectivity index (χ0) is 15.0. The number of nitrogens with one attached hydrogen (secondary N) is 1. The van der Waals surface area contributed by atoms with Crippen LogP contribution in [0.2, 0.25) is 5.02 Å². The highest BCUT2D eigenvalue weighted by molar-refractivity contribution is 6.31. The van der Waals surface area contributed by atoms with Crippen molar-refractivity contribution in [1.82, 2.24) is 10.3 Å². The van der Waals surface area contributed by atoms with Crippen molar-refractivity contribution in [3.05, 3.63) is 22.8 Å². The Morgan fingerprint density at radius 1 is 1.25 bits per heavy atom. The predicted octanol–water partition coefficient (Wildman–Crippen LogP) is 3.43. The number of pyridine rings is 1. The molecule has 0 aliphatic rings. The van der Waals surface area contributed by atoms with Crippen LogP contribution in [0.4, 0.5) is 0 Å². The molecule has 1 aromatic heterocycles. The highest BCUT2D eigenvalue weighted by atomic mass is 35.5. The lowest BCUT2D eigenvalue weighted by molar-refractivity contribution is -0.0168. The van der Waals surface area contributed by atoms with Gasteiger partial charge in [0.05, 0.1) is 22.9 Å². The van der Waals surface area contributed by atoms with E-state index in [-0.39, 0.29) is 5.60 Å². The lowest BCUT2D eigenvalue weighted by Crippen LogP contribution is -2.22. The van der Waals surface area contributed by atoms with Gasteiger partial charge in [-0.15, -0.1) is 0 Å². The number of rotatable bonds is 8. The lowest BCUT2D eigenvalue weighted by Gasteiger charge is -2.19. The third-order valence-corrected chi connectivity index (χ3v) is 2.82. The van der Waals surface area contributed by atoms with E-state index >= 15 is 0 Å². The van der Waals surface area contributed by atoms with Crippen LogP contribution in [0.25, 0.3) is 0 Å². The van der Waals surface area contributed by atoms with E-state index in [9.17, 15) is 0 Å². The molecule has 0 bridgehead atoms. The Hall–Kier alpha value is -0.840. The van der Waals surface area contributed by atoms with Gasteiger partial charge in [-0.3, -0.25) is 0 Å². The Kier molecular flexibility index (Phi) is 7.27. The van der Waals surface area contributed by atoms with Crippen LogP contribution < -0.4 is 10.1 Å². The molecule has 0 amide bonds. The quantitative estimate of drug-likeness (QED) is 0.747. The maximum Gasteiger partial charge on any atom is 0.213 e. The van der Waals surface area contributed by atoms with Gasteiger partial charge in [0.15, 0.2) is 0 Å². The molecule has 0 radical (unpaired) electrons. The molecule has 1 rings (SSSR count). The number of nitrogens with zero attached hydrogens (tertiary/aromatic N) is 1. The smallest absolute Gasteiger partial charge is 0.213 e. The Labute approximate surface area is 126 Å². The van der Waals surface area contributed by atoms with Gasteiger partial charge in [-0.1, -0.05) is 18.5 Å². The number of halogens is 1. The average molecular weight is 301 g/mol. The summed E-state index contributed by atoms with van der Waals surface area (Å²) in [6.07, 6.45) is 1.08. The van der Waals surface area contributed by atoms with Crippen molar-refractivity contribution < 1.29 is 9.47 Å². The van der Waals surface area contributed by atoms with Crippen molar-refractivity contribution in [2.75, 3.05) is 19.8 Å². The molecule has 0 saturated carbocycles. The normalized spacial score (nSPS) is 11.7. The molecule has 0 aliphatic heterocycles. The summed E-state index contributed by atoms with van der Waals surface area (Å²) in [7, 11) is 0. The molecular weight excluding hydrogens is 276 g/mol. The van der Waals surface area contributed by atoms with Crippen LogP contribution in [-0.2, 0) is 11.3 Å². The number of aromatic nitrogens is 1. The molecule has 1 heterocycles. The fourth-order valence-corrected chi connectivity index (χ4v) is 1.72. The fourth-order valence-electron chi connectivity index (χ4n) is 1.55. The van der Waals surface area contributed by atoms with Gasteiger partial charge in [-0.25, -0.2) is 4.98 Å². The van der Waals surface area contributed by atoms with Gasteiger partial charge in [-0.2, -0.15) is 0 Å². The zero-order valence-electron chi connectivity index (χ0n) is 12.8. The van der Waals surface area contributed by atoms with Gasteiger partial charge in [0.2, 0.25) is 5.88 Å². The Balaban J connectivity index is 2.44. The van der Waals surface area contributed by atoms with Crippen LogP contribution >= 0.6 is 11.6 Å². The SMILES string of the molecule is CCCNCc1nc(OCCOC(C)(C)C)ccc1Cl. The summed E-state index contributed by atoms with van der Waals surface area (Å²) in [5, 5.41) is 3.94. The van der Waals surface area contributed by atoms with Crippen molar-refractivity contribution in [2.24, 2.45) is 0 Å². The van der Waals surface area contributed by atoms with E-state index in [0.717, 1.165) is 18.7 Å².